The molecule has 202 valence electrons. The second-order valence-electron chi connectivity index (χ2n) is 10.4. The van der Waals surface area contributed by atoms with E-state index in [1.165, 1.54) is 26.0 Å². The van der Waals surface area contributed by atoms with Crippen LogP contribution in [-0.4, -0.2) is 35.3 Å². The molecule has 6 nitrogen and oxygen atoms in total. The highest BCUT2D eigenvalue weighted by molar-refractivity contribution is 6.32. The maximum absolute atomic E-state index is 14.4. The normalized spacial score (nSPS) is 22.2. The van der Waals surface area contributed by atoms with Crippen LogP contribution < -0.4 is 10.2 Å². The Labute approximate surface area is 227 Å². The SMILES string of the molecule is CC(=O)Nc1cccc2c1C=CC1N2[C@@H](C(C)=O)[C@H](c2ccc(C(F)(F)F)cc2)C12C(=O)c1ccccc1C2=O. The summed E-state index contributed by atoms with van der Waals surface area (Å²) >= 11 is 0. The minimum Gasteiger partial charge on any atom is -0.352 e. The summed E-state index contributed by atoms with van der Waals surface area (Å²) in [6.45, 7) is 2.72. The van der Waals surface area contributed by atoms with Gasteiger partial charge in [-0.2, -0.15) is 13.2 Å². The van der Waals surface area contributed by atoms with Gasteiger partial charge in [-0.05, 0) is 36.8 Å². The third-order valence-electron chi connectivity index (χ3n) is 8.17. The molecule has 0 saturated carbocycles. The van der Waals surface area contributed by atoms with Crippen molar-refractivity contribution >= 4 is 40.7 Å². The third-order valence-corrected chi connectivity index (χ3v) is 8.17. The minimum atomic E-state index is -4.58. The summed E-state index contributed by atoms with van der Waals surface area (Å²) in [5, 5.41) is 2.77. The largest absolute Gasteiger partial charge is 0.416 e. The first-order valence-corrected chi connectivity index (χ1v) is 12.7. The Balaban J connectivity index is 1.63. The highest BCUT2D eigenvalue weighted by Gasteiger charge is 2.71. The number of hydrogen-bond donors (Lipinski definition) is 1. The number of nitrogens with one attached hydrogen (secondary N) is 1. The van der Waals surface area contributed by atoms with Crippen LogP contribution >= 0.6 is 0 Å². The standard InChI is InChI=1S/C31H23F3N2O4/c1-16(37)27-26(18-10-12-19(13-11-18)31(32,33)34)30(28(39)20-6-3-4-7-21(20)29(30)40)25-15-14-22-23(35-17(2)38)8-5-9-24(22)36(25)27/h3-15,25-27H,1-2H3,(H,35,38)/t25?,26-,27-/m0/s1. The van der Waals surface area contributed by atoms with Crippen molar-refractivity contribution in [1.82, 2.24) is 0 Å². The fourth-order valence-corrected chi connectivity index (χ4v) is 6.70. The van der Waals surface area contributed by atoms with E-state index in [9.17, 15) is 32.3 Å². The van der Waals surface area contributed by atoms with E-state index in [0.29, 0.717) is 16.9 Å². The number of anilines is 2. The lowest BCUT2D eigenvalue weighted by Gasteiger charge is -2.37. The molecule has 2 aliphatic heterocycles. The number of ketones is 3. The second-order valence-corrected chi connectivity index (χ2v) is 10.4. The van der Waals surface area contributed by atoms with Crippen LogP contribution in [0.5, 0.6) is 0 Å². The van der Waals surface area contributed by atoms with E-state index in [1.54, 1.807) is 59.5 Å². The molecule has 2 heterocycles. The molecule has 0 bridgehead atoms. The predicted molar refractivity (Wildman–Crippen MR) is 142 cm³/mol. The lowest BCUT2D eigenvalue weighted by atomic mass is 9.64. The summed E-state index contributed by atoms with van der Waals surface area (Å²) in [6.07, 6.45) is -1.17. The zero-order valence-electron chi connectivity index (χ0n) is 21.5. The van der Waals surface area contributed by atoms with E-state index >= 15 is 0 Å². The van der Waals surface area contributed by atoms with Crippen LogP contribution in [0.2, 0.25) is 0 Å². The van der Waals surface area contributed by atoms with Crippen LogP contribution in [0, 0.1) is 5.41 Å². The number of hydrogen-bond acceptors (Lipinski definition) is 5. The fourth-order valence-electron chi connectivity index (χ4n) is 6.70. The number of benzene rings is 3. The Hall–Kier alpha value is -4.53. The molecule has 0 aromatic heterocycles. The fraction of sp³-hybridized carbons (Fsp3) is 0.226. The number of carbonyl (C=O) groups excluding carboxylic acids is 4. The van der Waals surface area contributed by atoms with E-state index in [1.807, 2.05) is 0 Å². The van der Waals surface area contributed by atoms with Gasteiger partial charge >= 0.3 is 6.18 Å². The smallest absolute Gasteiger partial charge is 0.352 e. The van der Waals surface area contributed by atoms with Crippen LogP contribution in [0.15, 0.2) is 72.8 Å². The van der Waals surface area contributed by atoms with Gasteiger partial charge < -0.3 is 10.2 Å². The van der Waals surface area contributed by atoms with Gasteiger partial charge in [-0.3, -0.25) is 19.2 Å². The monoisotopic (exact) mass is 544 g/mol. The zero-order valence-corrected chi connectivity index (χ0v) is 21.5. The Morgan fingerprint density at radius 3 is 2.05 bits per heavy atom. The van der Waals surface area contributed by atoms with Gasteiger partial charge in [-0.25, -0.2) is 0 Å². The van der Waals surface area contributed by atoms with E-state index in [0.717, 1.165) is 12.1 Å². The van der Waals surface area contributed by atoms with Gasteiger partial charge in [0.05, 0.1) is 23.3 Å². The zero-order chi connectivity index (χ0) is 28.6. The quantitative estimate of drug-likeness (QED) is 0.429. The van der Waals surface area contributed by atoms with Gasteiger partial charge in [0.2, 0.25) is 5.91 Å². The Bertz CT molecular complexity index is 1610. The number of fused-ring (bicyclic) bond motifs is 5. The number of nitrogens with zero attached hydrogens (tertiary/aromatic N) is 1. The molecule has 1 N–H and O–H groups in total. The molecule has 9 heteroatoms. The van der Waals surface area contributed by atoms with Gasteiger partial charge in [0.25, 0.3) is 0 Å². The molecule has 3 aliphatic rings. The van der Waals surface area contributed by atoms with Crippen molar-refractivity contribution in [2.45, 2.75) is 38.0 Å². The number of amides is 1. The molecule has 1 saturated heterocycles. The van der Waals surface area contributed by atoms with Crippen molar-refractivity contribution < 1.29 is 32.3 Å². The van der Waals surface area contributed by atoms with Crippen LogP contribution in [0.3, 0.4) is 0 Å². The number of Topliss-reactive ketones (excluding diaryl/α,β-unsaturated/α-hetero) is 3. The molecule has 1 fully saturated rings. The van der Waals surface area contributed by atoms with Crippen LogP contribution in [0.25, 0.3) is 6.08 Å². The molecule has 3 aromatic carbocycles. The lowest BCUT2D eigenvalue weighted by molar-refractivity contribution is -0.137. The molecule has 1 spiro atoms. The van der Waals surface area contributed by atoms with Crippen molar-refractivity contribution in [3.8, 4) is 0 Å². The highest BCUT2D eigenvalue weighted by Crippen LogP contribution is 2.61. The summed E-state index contributed by atoms with van der Waals surface area (Å²) in [6, 6.07) is 13.9. The molecule has 1 aliphatic carbocycles. The molecule has 6 rings (SSSR count). The topological polar surface area (TPSA) is 83.6 Å². The minimum absolute atomic E-state index is 0.222. The van der Waals surface area contributed by atoms with E-state index in [4.69, 9.17) is 0 Å². The summed E-state index contributed by atoms with van der Waals surface area (Å²) in [5.74, 6) is -2.67. The van der Waals surface area contributed by atoms with Crippen molar-refractivity contribution in [3.05, 3.63) is 101 Å². The van der Waals surface area contributed by atoms with Gasteiger partial charge in [-0.15, -0.1) is 0 Å². The Morgan fingerprint density at radius 1 is 0.875 bits per heavy atom. The van der Waals surface area contributed by atoms with Gasteiger partial charge in [0.15, 0.2) is 17.3 Å². The summed E-state index contributed by atoms with van der Waals surface area (Å²) in [5.41, 5.74) is -0.329. The predicted octanol–water partition coefficient (Wildman–Crippen LogP) is 5.69. The van der Waals surface area contributed by atoms with E-state index in [2.05, 4.69) is 5.32 Å². The van der Waals surface area contributed by atoms with Crippen molar-refractivity contribution in [2.24, 2.45) is 5.41 Å². The van der Waals surface area contributed by atoms with Crippen molar-refractivity contribution in [1.29, 1.82) is 0 Å². The first kappa shape index (κ1) is 25.7. The van der Waals surface area contributed by atoms with Gasteiger partial charge in [-0.1, -0.05) is 54.6 Å². The van der Waals surface area contributed by atoms with Gasteiger partial charge in [0, 0.05) is 35.2 Å². The van der Waals surface area contributed by atoms with Crippen LogP contribution in [0.4, 0.5) is 24.5 Å². The molecule has 3 atom stereocenters. The molecule has 40 heavy (non-hydrogen) atoms. The molecular formula is C31H23F3N2O4. The Kier molecular flexibility index (Phi) is 5.62. The molecule has 0 radical (unpaired) electrons. The number of rotatable bonds is 3. The first-order valence-electron chi connectivity index (χ1n) is 12.7. The summed E-state index contributed by atoms with van der Waals surface area (Å²) < 4.78 is 40.3. The van der Waals surface area contributed by atoms with E-state index < -0.39 is 46.7 Å². The molecule has 1 amide bonds. The van der Waals surface area contributed by atoms with Gasteiger partial charge in [0.1, 0.15) is 5.41 Å². The molecule has 1 unspecified atom stereocenters. The lowest BCUT2D eigenvalue weighted by Crippen LogP contribution is -2.48. The summed E-state index contributed by atoms with van der Waals surface area (Å²) in [7, 11) is 0. The Morgan fingerprint density at radius 2 is 1.50 bits per heavy atom. The number of alkyl halides is 3. The first-order chi connectivity index (χ1) is 19.0. The number of halogens is 3. The average molecular weight is 545 g/mol. The maximum atomic E-state index is 14.4. The van der Waals surface area contributed by atoms with Crippen LogP contribution in [0.1, 0.15) is 57.2 Å². The molecular weight excluding hydrogens is 521 g/mol. The summed E-state index contributed by atoms with van der Waals surface area (Å²) in [4.78, 5) is 55.8. The number of carbonyl (C=O) groups is 4. The average Bonchev–Trinajstić information content (AvgIpc) is 3.35. The van der Waals surface area contributed by atoms with E-state index in [-0.39, 0.29) is 28.4 Å². The third kappa shape index (κ3) is 3.43. The van der Waals surface area contributed by atoms with Crippen LogP contribution in [-0.2, 0) is 15.8 Å². The maximum Gasteiger partial charge on any atom is 0.416 e. The highest BCUT2D eigenvalue weighted by atomic mass is 19.4. The second kappa shape index (κ2) is 8.74. The van der Waals surface area contributed by atoms with Crippen molar-refractivity contribution in [3.63, 3.8) is 0 Å². The van der Waals surface area contributed by atoms with Crippen molar-refractivity contribution in [2.75, 3.05) is 10.2 Å². The molecule has 3 aromatic rings.